The molecule has 0 amide bonds. The molecule has 0 aliphatic carbocycles. The second-order valence-corrected chi connectivity index (χ2v) is 9.17. The topological polar surface area (TPSA) is 80.0 Å². The molecular formula is C27H32N8. The molecule has 8 nitrogen and oxygen atoms in total. The lowest BCUT2D eigenvalue weighted by Gasteiger charge is -2.34. The van der Waals surface area contributed by atoms with Crippen molar-refractivity contribution in [2.75, 3.05) is 52.2 Å². The average Bonchev–Trinajstić information content (AvgIpc) is 3.48. The van der Waals surface area contributed by atoms with E-state index in [1.807, 2.05) is 56.5 Å². The number of likely N-dealkylation sites (N-methyl/N-ethyl adjacent to an activating group) is 2. The third-order valence-corrected chi connectivity index (χ3v) is 6.67. The van der Waals surface area contributed by atoms with Gasteiger partial charge in [0.25, 0.3) is 0 Å². The van der Waals surface area contributed by atoms with Crippen LogP contribution in [-0.2, 0) is 0 Å². The summed E-state index contributed by atoms with van der Waals surface area (Å²) in [6.07, 6.45) is 9.86. The normalized spacial score (nSPS) is 15.8. The van der Waals surface area contributed by atoms with E-state index < -0.39 is 0 Å². The maximum absolute atomic E-state index is 5.01. The highest BCUT2D eigenvalue weighted by molar-refractivity contribution is 5.98. The molecule has 0 saturated carbocycles. The summed E-state index contributed by atoms with van der Waals surface area (Å²) in [7, 11) is 6.18. The van der Waals surface area contributed by atoms with Crippen molar-refractivity contribution >= 4 is 33.2 Å². The molecule has 35 heavy (non-hydrogen) atoms. The molecule has 1 aliphatic heterocycles. The molecule has 1 fully saturated rings. The van der Waals surface area contributed by atoms with E-state index in [9.17, 15) is 0 Å². The number of aromatic nitrogens is 5. The molecule has 180 valence electrons. The third kappa shape index (κ3) is 4.33. The molecule has 0 aromatic carbocycles. The molecule has 5 heterocycles. The van der Waals surface area contributed by atoms with Gasteiger partial charge in [-0.3, -0.25) is 10.1 Å². The highest BCUT2D eigenvalue weighted by Crippen LogP contribution is 2.33. The fraction of sp³-hybridized carbons (Fsp3) is 0.296. The Morgan fingerprint density at radius 1 is 1.11 bits per heavy atom. The van der Waals surface area contributed by atoms with E-state index in [0.717, 1.165) is 82.2 Å². The minimum absolute atomic E-state index is 0.804. The second-order valence-electron chi connectivity index (χ2n) is 9.17. The molecule has 1 saturated heterocycles. The van der Waals surface area contributed by atoms with Gasteiger partial charge in [0.15, 0.2) is 0 Å². The van der Waals surface area contributed by atoms with E-state index in [4.69, 9.17) is 4.98 Å². The number of hydrogen-bond donors (Lipinski definition) is 2. The summed E-state index contributed by atoms with van der Waals surface area (Å²) in [5.41, 5.74) is 8.57. The zero-order valence-electron chi connectivity index (χ0n) is 20.8. The zero-order valence-corrected chi connectivity index (χ0v) is 20.8. The fourth-order valence-corrected chi connectivity index (χ4v) is 4.55. The predicted molar refractivity (Wildman–Crippen MR) is 144 cm³/mol. The summed E-state index contributed by atoms with van der Waals surface area (Å²) in [6.45, 7) is 10.0. The Morgan fingerprint density at radius 3 is 2.63 bits per heavy atom. The highest BCUT2D eigenvalue weighted by atomic mass is 15.3. The van der Waals surface area contributed by atoms with E-state index in [0.29, 0.717) is 0 Å². The van der Waals surface area contributed by atoms with Gasteiger partial charge in [0, 0.05) is 51.4 Å². The summed E-state index contributed by atoms with van der Waals surface area (Å²) in [5.74, 6) is 0. The van der Waals surface area contributed by atoms with Crippen molar-refractivity contribution in [1.82, 2.24) is 34.9 Å². The van der Waals surface area contributed by atoms with Crippen molar-refractivity contribution < 1.29 is 0 Å². The summed E-state index contributed by atoms with van der Waals surface area (Å²) in [5, 5.41) is 8.93. The lowest BCUT2D eigenvalue weighted by Crippen LogP contribution is -2.44. The first-order valence-corrected chi connectivity index (χ1v) is 11.9. The Balaban J connectivity index is 1.56. The van der Waals surface area contributed by atoms with Crippen LogP contribution in [0.2, 0.25) is 0 Å². The number of anilines is 1. The zero-order chi connectivity index (χ0) is 24.5. The fourth-order valence-electron chi connectivity index (χ4n) is 4.55. The molecule has 8 heteroatoms. The summed E-state index contributed by atoms with van der Waals surface area (Å²) in [4.78, 5) is 19.9. The molecule has 5 rings (SSSR count). The summed E-state index contributed by atoms with van der Waals surface area (Å²) in [6, 6.07) is 6.23. The molecule has 4 aromatic rings. The van der Waals surface area contributed by atoms with Crippen molar-refractivity contribution in [2.24, 2.45) is 0 Å². The summed E-state index contributed by atoms with van der Waals surface area (Å²) < 4.78 is 0. The van der Waals surface area contributed by atoms with Gasteiger partial charge in [-0.2, -0.15) is 5.10 Å². The average molecular weight is 469 g/mol. The molecule has 1 aliphatic rings. The van der Waals surface area contributed by atoms with E-state index in [1.54, 1.807) is 0 Å². The molecule has 0 atom stereocenters. The van der Waals surface area contributed by atoms with Crippen LogP contribution in [0.15, 0.2) is 61.1 Å². The minimum atomic E-state index is 0.804. The summed E-state index contributed by atoms with van der Waals surface area (Å²) >= 11 is 0. The van der Waals surface area contributed by atoms with Gasteiger partial charge in [0.2, 0.25) is 0 Å². The lowest BCUT2D eigenvalue weighted by molar-refractivity contribution is 0.313. The maximum atomic E-state index is 5.01. The van der Waals surface area contributed by atoms with Gasteiger partial charge in [-0.05, 0) is 49.9 Å². The Kier molecular flexibility index (Phi) is 6.13. The molecule has 0 spiro atoms. The van der Waals surface area contributed by atoms with Gasteiger partial charge < -0.3 is 19.7 Å². The van der Waals surface area contributed by atoms with Crippen molar-refractivity contribution in [1.29, 1.82) is 0 Å². The predicted octanol–water partition coefficient (Wildman–Crippen LogP) is 4.29. The first-order chi connectivity index (χ1) is 17.0. The molecular weight excluding hydrogens is 436 g/mol. The van der Waals surface area contributed by atoms with Crippen LogP contribution in [0.3, 0.4) is 0 Å². The van der Waals surface area contributed by atoms with Crippen LogP contribution < -0.4 is 4.90 Å². The van der Waals surface area contributed by atoms with Gasteiger partial charge >= 0.3 is 0 Å². The number of rotatable bonds is 6. The van der Waals surface area contributed by atoms with E-state index in [2.05, 4.69) is 61.8 Å². The maximum Gasteiger partial charge on any atom is 0.135 e. The molecule has 4 aromatic heterocycles. The number of pyridine rings is 2. The van der Waals surface area contributed by atoms with Crippen LogP contribution in [0.25, 0.3) is 38.9 Å². The van der Waals surface area contributed by atoms with Gasteiger partial charge in [0.05, 0.1) is 40.5 Å². The third-order valence-electron chi connectivity index (χ3n) is 6.67. The SMILES string of the molecule is C=C/C(=C\C(=C/C)c1ccc2[nH]nc(-c3cc4c(N5CCN(C)CC5)cncc4[nH]3)c2n1)N(C)C. The molecule has 0 unspecified atom stereocenters. The van der Waals surface area contributed by atoms with Gasteiger partial charge in [-0.25, -0.2) is 4.98 Å². The monoisotopic (exact) mass is 468 g/mol. The number of piperazine rings is 1. The molecule has 0 radical (unpaired) electrons. The van der Waals surface area contributed by atoms with E-state index >= 15 is 0 Å². The number of nitrogens with one attached hydrogen (secondary N) is 2. The Labute approximate surface area is 205 Å². The van der Waals surface area contributed by atoms with E-state index in [1.165, 1.54) is 0 Å². The first kappa shape index (κ1) is 22.9. The van der Waals surface area contributed by atoms with Gasteiger partial charge in [0.1, 0.15) is 11.2 Å². The smallest absolute Gasteiger partial charge is 0.135 e. The first-order valence-electron chi connectivity index (χ1n) is 11.9. The number of nitrogens with zero attached hydrogens (tertiary/aromatic N) is 6. The lowest BCUT2D eigenvalue weighted by atomic mass is 10.1. The van der Waals surface area contributed by atoms with Crippen molar-refractivity contribution in [3.8, 4) is 11.4 Å². The Morgan fingerprint density at radius 2 is 1.91 bits per heavy atom. The molecule has 0 bridgehead atoms. The standard InChI is InChI=1S/C27H32N8/c1-6-18(14-19(7-2)33(3)4)21-8-9-22-26(30-21)27(32-31-22)23-15-20-24(29-23)16-28-17-25(20)35-12-10-34(5)11-13-35/h6-9,14-17,29H,2,10-13H2,1,3-5H3,(H,31,32)/b18-6+,19-14+. The Bertz CT molecular complexity index is 1430. The van der Waals surface area contributed by atoms with E-state index in [-0.39, 0.29) is 0 Å². The highest BCUT2D eigenvalue weighted by Gasteiger charge is 2.20. The quantitative estimate of drug-likeness (QED) is 0.411. The largest absolute Gasteiger partial charge is 0.378 e. The second kappa shape index (κ2) is 9.38. The van der Waals surface area contributed by atoms with Crippen molar-refractivity contribution in [3.63, 3.8) is 0 Å². The van der Waals surface area contributed by atoms with Crippen LogP contribution in [0, 0.1) is 0 Å². The van der Waals surface area contributed by atoms with Gasteiger partial charge in [-0.1, -0.05) is 12.7 Å². The van der Waals surface area contributed by atoms with Crippen LogP contribution in [0.1, 0.15) is 12.6 Å². The van der Waals surface area contributed by atoms with Crippen LogP contribution >= 0.6 is 0 Å². The number of aromatic amines is 2. The van der Waals surface area contributed by atoms with Crippen LogP contribution in [0.5, 0.6) is 0 Å². The minimum Gasteiger partial charge on any atom is -0.378 e. The Hall–Kier alpha value is -3.91. The van der Waals surface area contributed by atoms with Crippen molar-refractivity contribution in [2.45, 2.75) is 6.92 Å². The number of allylic oxidation sites excluding steroid dienone is 4. The van der Waals surface area contributed by atoms with Crippen LogP contribution in [-0.4, -0.2) is 82.3 Å². The molecule has 2 N–H and O–H groups in total. The van der Waals surface area contributed by atoms with Crippen molar-refractivity contribution in [3.05, 3.63) is 66.8 Å². The van der Waals surface area contributed by atoms with Crippen LogP contribution in [0.4, 0.5) is 5.69 Å². The van der Waals surface area contributed by atoms with Gasteiger partial charge in [-0.15, -0.1) is 0 Å². The number of hydrogen-bond acceptors (Lipinski definition) is 6. The number of fused-ring (bicyclic) bond motifs is 2. The number of H-pyrrole nitrogens is 2.